The molecule has 6 nitrogen and oxygen atoms in total. The summed E-state index contributed by atoms with van der Waals surface area (Å²) in [5.41, 5.74) is 8.31. The lowest BCUT2D eigenvalue weighted by molar-refractivity contribution is -0.121. The van der Waals surface area contributed by atoms with Crippen molar-refractivity contribution in [2.24, 2.45) is 0 Å². The SMILES string of the molecule is N#Cc1c(CCCNC(=O)CCc2ccc(F)c(F)c2)nn(-c2ccccc2)c1N. The van der Waals surface area contributed by atoms with E-state index in [1.807, 2.05) is 30.3 Å². The molecule has 30 heavy (non-hydrogen) atoms. The summed E-state index contributed by atoms with van der Waals surface area (Å²) in [6.45, 7) is 0.402. The molecule has 0 bridgehead atoms. The van der Waals surface area contributed by atoms with E-state index in [-0.39, 0.29) is 18.1 Å². The first-order valence-electron chi connectivity index (χ1n) is 9.53. The zero-order chi connectivity index (χ0) is 21.5. The zero-order valence-electron chi connectivity index (χ0n) is 16.2. The van der Waals surface area contributed by atoms with Crippen LogP contribution < -0.4 is 11.1 Å². The van der Waals surface area contributed by atoms with E-state index in [2.05, 4.69) is 16.5 Å². The van der Waals surface area contributed by atoms with Crippen molar-refractivity contribution in [3.05, 3.63) is 77.0 Å². The maximum atomic E-state index is 13.2. The third kappa shape index (κ3) is 5.00. The number of aromatic nitrogens is 2. The molecule has 8 heteroatoms. The number of carbonyl (C=O) groups is 1. The number of nitrogen functional groups attached to an aromatic ring is 1. The second-order valence-corrected chi connectivity index (χ2v) is 6.77. The number of halogens is 2. The van der Waals surface area contributed by atoms with Gasteiger partial charge in [-0.1, -0.05) is 24.3 Å². The Balaban J connectivity index is 1.50. The second-order valence-electron chi connectivity index (χ2n) is 6.77. The van der Waals surface area contributed by atoms with E-state index in [1.165, 1.54) is 10.7 Å². The second kappa shape index (κ2) is 9.65. The van der Waals surface area contributed by atoms with E-state index in [0.29, 0.717) is 42.6 Å². The number of nitrogens with two attached hydrogens (primary N) is 1. The van der Waals surface area contributed by atoms with Gasteiger partial charge in [0, 0.05) is 13.0 Å². The van der Waals surface area contributed by atoms with Gasteiger partial charge in [-0.3, -0.25) is 4.79 Å². The summed E-state index contributed by atoms with van der Waals surface area (Å²) < 4.78 is 27.7. The third-order valence-corrected chi connectivity index (χ3v) is 4.64. The average molecular weight is 409 g/mol. The van der Waals surface area contributed by atoms with Crippen molar-refractivity contribution < 1.29 is 13.6 Å². The van der Waals surface area contributed by atoms with Crippen molar-refractivity contribution in [2.75, 3.05) is 12.3 Å². The van der Waals surface area contributed by atoms with Crippen molar-refractivity contribution in [3.8, 4) is 11.8 Å². The molecule has 0 saturated heterocycles. The molecule has 1 heterocycles. The predicted octanol–water partition coefficient (Wildman–Crippen LogP) is 3.29. The maximum Gasteiger partial charge on any atom is 0.220 e. The molecule has 3 N–H and O–H groups in total. The normalized spacial score (nSPS) is 10.6. The largest absolute Gasteiger partial charge is 0.382 e. The molecule has 0 unspecified atom stereocenters. The smallest absolute Gasteiger partial charge is 0.220 e. The molecule has 154 valence electrons. The Hall–Kier alpha value is -3.73. The van der Waals surface area contributed by atoms with Gasteiger partial charge in [-0.05, 0) is 49.1 Å². The maximum absolute atomic E-state index is 13.2. The van der Waals surface area contributed by atoms with Gasteiger partial charge in [0.05, 0.1) is 11.4 Å². The van der Waals surface area contributed by atoms with E-state index in [1.54, 1.807) is 0 Å². The fraction of sp³-hybridized carbons (Fsp3) is 0.227. The Morgan fingerprint density at radius 2 is 1.90 bits per heavy atom. The molecule has 0 atom stereocenters. The van der Waals surface area contributed by atoms with E-state index >= 15 is 0 Å². The van der Waals surface area contributed by atoms with Crippen molar-refractivity contribution in [1.82, 2.24) is 15.1 Å². The van der Waals surface area contributed by atoms with Crippen LogP contribution in [0, 0.1) is 23.0 Å². The van der Waals surface area contributed by atoms with Crippen LogP contribution in [-0.2, 0) is 17.6 Å². The van der Waals surface area contributed by atoms with Crippen LogP contribution in [-0.4, -0.2) is 22.2 Å². The van der Waals surface area contributed by atoms with E-state index < -0.39 is 11.6 Å². The number of rotatable bonds is 8. The highest BCUT2D eigenvalue weighted by molar-refractivity contribution is 5.76. The molecule has 1 amide bonds. The quantitative estimate of drug-likeness (QED) is 0.558. The Morgan fingerprint density at radius 1 is 1.13 bits per heavy atom. The number of amides is 1. The lowest BCUT2D eigenvalue weighted by Gasteiger charge is -2.05. The highest BCUT2D eigenvalue weighted by Crippen LogP contribution is 2.21. The summed E-state index contributed by atoms with van der Waals surface area (Å²) in [6.07, 6.45) is 1.55. The van der Waals surface area contributed by atoms with Crippen LogP contribution in [0.1, 0.15) is 29.7 Å². The number of anilines is 1. The Morgan fingerprint density at radius 3 is 2.60 bits per heavy atom. The first-order chi connectivity index (χ1) is 14.5. The summed E-state index contributed by atoms with van der Waals surface area (Å²) in [6, 6.07) is 15.0. The van der Waals surface area contributed by atoms with Crippen LogP contribution in [0.5, 0.6) is 0 Å². The number of hydrogen-bond acceptors (Lipinski definition) is 4. The molecule has 0 aliphatic heterocycles. The molecule has 0 radical (unpaired) electrons. The molecule has 3 rings (SSSR count). The summed E-state index contributed by atoms with van der Waals surface area (Å²) in [4.78, 5) is 12.0. The Kier molecular flexibility index (Phi) is 6.75. The van der Waals surface area contributed by atoms with Crippen molar-refractivity contribution >= 4 is 11.7 Å². The van der Waals surface area contributed by atoms with Gasteiger partial charge < -0.3 is 11.1 Å². The predicted molar refractivity (Wildman–Crippen MR) is 109 cm³/mol. The number of nitrogens with one attached hydrogen (secondary N) is 1. The van der Waals surface area contributed by atoms with Crippen LogP contribution in [0.25, 0.3) is 5.69 Å². The van der Waals surface area contributed by atoms with Crippen LogP contribution in [0.4, 0.5) is 14.6 Å². The highest BCUT2D eigenvalue weighted by Gasteiger charge is 2.16. The van der Waals surface area contributed by atoms with E-state index in [4.69, 9.17) is 5.73 Å². The number of nitriles is 1. The van der Waals surface area contributed by atoms with Gasteiger partial charge in [0.25, 0.3) is 0 Å². The number of para-hydroxylation sites is 1. The van der Waals surface area contributed by atoms with Crippen molar-refractivity contribution in [3.63, 3.8) is 0 Å². The fourth-order valence-electron chi connectivity index (χ4n) is 3.07. The minimum atomic E-state index is -0.921. The van der Waals surface area contributed by atoms with Crippen molar-refractivity contribution in [2.45, 2.75) is 25.7 Å². The van der Waals surface area contributed by atoms with Gasteiger partial charge >= 0.3 is 0 Å². The van der Waals surface area contributed by atoms with Crippen molar-refractivity contribution in [1.29, 1.82) is 5.26 Å². The molecule has 0 aliphatic rings. The monoisotopic (exact) mass is 409 g/mol. The van der Waals surface area contributed by atoms with Crippen LogP contribution in [0.3, 0.4) is 0 Å². The van der Waals surface area contributed by atoms with Crippen LogP contribution >= 0.6 is 0 Å². The lowest BCUT2D eigenvalue weighted by Crippen LogP contribution is -2.25. The van der Waals surface area contributed by atoms with Crippen LogP contribution in [0.2, 0.25) is 0 Å². The molecule has 2 aromatic carbocycles. The number of benzene rings is 2. The first-order valence-corrected chi connectivity index (χ1v) is 9.53. The topological polar surface area (TPSA) is 96.7 Å². The molecular weight excluding hydrogens is 388 g/mol. The molecule has 3 aromatic rings. The standard InChI is InChI=1S/C22H21F2N5O/c23-18-10-8-15(13-19(18)24)9-11-21(30)27-12-4-7-20-17(14-25)22(26)29(28-20)16-5-2-1-3-6-16/h1-3,5-6,8,10,13H,4,7,9,11-12,26H2,(H,27,30). The average Bonchev–Trinajstić information content (AvgIpc) is 3.08. The summed E-state index contributed by atoms with van der Waals surface area (Å²) in [5.74, 6) is -1.73. The minimum Gasteiger partial charge on any atom is -0.382 e. The van der Waals surface area contributed by atoms with Crippen LogP contribution in [0.15, 0.2) is 48.5 Å². The Labute approximate surface area is 172 Å². The van der Waals surface area contributed by atoms with Gasteiger partial charge in [0.2, 0.25) is 5.91 Å². The number of hydrogen-bond donors (Lipinski definition) is 2. The molecule has 0 saturated carbocycles. The molecule has 0 spiro atoms. The third-order valence-electron chi connectivity index (χ3n) is 4.64. The van der Waals surface area contributed by atoms with Gasteiger partial charge in [0.15, 0.2) is 11.6 Å². The van der Waals surface area contributed by atoms with Gasteiger partial charge in [-0.25, -0.2) is 13.5 Å². The molecule has 0 aliphatic carbocycles. The summed E-state index contributed by atoms with van der Waals surface area (Å²) in [7, 11) is 0. The zero-order valence-corrected chi connectivity index (χ0v) is 16.2. The summed E-state index contributed by atoms with van der Waals surface area (Å²) in [5, 5.41) is 16.6. The molecule has 0 fully saturated rings. The van der Waals surface area contributed by atoms with Gasteiger partial charge in [0.1, 0.15) is 17.5 Å². The fourth-order valence-corrected chi connectivity index (χ4v) is 3.07. The Bertz CT molecular complexity index is 1070. The summed E-state index contributed by atoms with van der Waals surface area (Å²) >= 11 is 0. The van der Waals surface area contributed by atoms with E-state index in [0.717, 1.165) is 17.8 Å². The number of aryl methyl sites for hydroxylation is 2. The van der Waals surface area contributed by atoms with E-state index in [9.17, 15) is 18.8 Å². The number of nitrogens with zero attached hydrogens (tertiary/aromatic N) is 3. The molecule has 1 aromatic heterocycles. The van der Waals surface area contributed by atoms with Gasteiger partial charge in [-0.2, -0.15) is 10.4 Å². The number of carbonyl (C=O) groups excluding carboxylic acids is 1. The van der Waals surface area contributed by atoms with Gasteiger partial charge in [-0.15, -0.1) is 0 Å². The lowest BCUT2D eigenvalue weighted by atomic mass is 10.1. The first kappa shape index (κ1) is 21.0. The minimum absolute atomic E-state index is 0.171. The molecular formula is C22H21F2N5O. The highest BCUT2D eigenvalue weighted by atomic mass is 19.2.